The lowest BCUT2D eigenvalue weighted by molar-refractivity contribution is 0.536. The maximum Gasteiger partial charge on any atom is 0.106 e. The number of aromatic nitrogens is 2. The van der Waals surface area contributed by atoms with Crippen LogP contribution in [0.15, 0.2) is 24.3 Å². The number of rotatable bonds is 5. The molecular weight excluding hydrogens is 210 g/mol. The van der Waals surface area contributed by atoms with Crippen LogP contribution in [0.1, 0.15) is 26.1 Å². The summed E-state index contributed by atoms with van der Waals surface area (Å²) in [7, 11) is 0. The van der Waals surface area contributed by atoms with Crippen LogP contribution in [0, 0.1) is 6.92 Å². The zero-order valence-corrected chi connectivity index (χ0v) is 10.9. The van der Waals surface area contributed by atoms with Crippen molar-refractivity contribution in [3.8, 4) is 0 Å². The molecule has 0 bridgehead atoms. The maximum absolute atomic E-state index is 4.57. The van der Waals surface area contributed by atoms with Crippen LogP contribution in [0.5, 0.6) is 0 Å². The van der Waals surface area contributed by atoms with Gasteiger partial charge in [-0.05, 0) is 32.0 Å². The maximum atomic E-state index is 4.57. The third-order valence-electron chi connectivity index (χ3n) is 2.96. The molecule has 1 aromatic carbocycles. The van der Waals surface area contributed by atoms with Gasteiger partial charge in [0.05, 0.1) is 11.0 Å². The fourth-order valence-electron chi connectivity index (χ4n) is 2.11. The Morgan fingerprint density at radius 2 is 2.06 bits per heavy atom. The SMILES string of the molecule is Cc1nc2ccccc2n1CCCNC(C)C. The predicted molar refractivity (Wildman–Crippen MR) is 72.2 cm³/mol. The third kappa shape index (κ3) is 2.86. The smallest absolute Gasteiger partial charge is 0.106 e. The first-order valence-electron chi connectivity index (χ1n) is 6.33. The van der Waals surface area contributed by atoms with Gasteiger partial charge >= 0.3 is 0 Å². The molecule has 0 spiro atoms. The Bertz CT molecular complexity index is 485. The molecule has 0 aliphatic heterocycles. The molecule has 0 fully saturated rings. The van der Waals surface area contributed by atoms with Gasteiger partial charge in [-0.3, -0.25) is 0 Å². The van der Waals surface area contributed by atoms with Gasteiger partial charge in [0.15, 0.2) is 0 Å². The number of fused-ring (bicyclic) bond motifs is 1. The summed E-state index contributed by atoms with van der Waals surface area (Å²) < 4.78 is 2.30. The van der Waals surface area contributed by atoms with Crippen LogP contribution < -0.4 is 5.32 Å². The van der Waals surface area contributed by atoms with Crippen molar-refractivity contribution in [2.75, 3.05) is 6.54 Å². The summed E-state index contributed by atoms with van der Waals surface area (Å²) in [5.41, 5.74) is 2.34. The Kier molecular flexibility index (Phi) is 3.79. The first kappa shape index (κ1) is 12.1. The van der Waals surface area contributed by atoms with Gasteiger partial charge in [0.1, 0.15) is 5.82 Å². The van der Waals surface area contributed by atoms with E-state index in [9.17, 15) is 0 Å². The van der Waals surface area contributed by atoms with Crippen LogP contribution in [-0.2, 0) is 6.54 Å². The Balaban J connectivity index is 2.05. The monoisotopic (exact) mass is 231 g/mol. The van der Waals surface area contributed by atoms with Crippen molar-refractivity contribution in [2.45, 2.75) is 39.8 Å². The molecule has 3 nitrogen and oxygen atoms in total. The van der Waals surface area contributed by atoms with Gasteiger partial charge in [0.25, 0.3) is 0 Å². The van der Waals surface area contributed by atoms with Gasteiger partial charge in [-0.1, -0.05) is 26.0 Å². The van der Waals surface area contributed by atoms with E-state index in [-0.39, 0.29) is 0 Å². The Morgan fingerprint density at radius 1 is 1.29 bits per heavy atom. The second-order valence-corrected chi connectivity index (χ2v) is 4.76. The summed E-state index contributed by atoms with van der Waals surface area (Å²) in [4.78, 5) is 4.57. The molecule has 0 aliphatic carbocycles. The number of hydrogen-bond donors (Lipinski definition) is 1. The van der Waals surface area contributed by atoms with E-state index in [0.29, 0.717) is 6.04 Å². The van der Waals surface area contributed by atoms with Crippen molar-refractivity contribution in [2.24, 2.45) is 0 Å². The molecule has 0 radical (unpaired) electrons. The summed E-state index contributed by atoms with van der Waals surface area (Å²) in [6.45, 7) is 8.53. The molecule has 0 atom stereocenters. The first-order valence-corrected chi connectivity index (χ1v) is 6.33. The van der Waals surface area contributed by atoms with E-state index in [1.165, 1.54) is 5.52 Å². The van der Waals surface area contributed by atoms with Crippen molar-refractivity contribution in [3.05, 3.63) is 30.1 Å². The minimum Gasteiger partial charge on any atom is -0.328 e. The van der Waals surface area contributed by atoms with E-state index in [2.05, 4.69) is 53.8 Å². The summed E-state index contributed by atoms with van der Waals surface area (Å²) in [5.74, 6) is 1.11. The predicted octanol–water partition coefficient (Wildman–Crippen LogP) is 2.73. The van der Waals surface area contributed by atoms with Crippen LogP contribution in [0.4, 0.5) is 0 Å². The van der Waals surface area contributed by atoms with E-state index in [1.54, 1.807) is 0 Å². The average molecular weight is 231 g/mol. The highest BCUT2D eigenvalue weighted by Gasteiger charge is 2.05. The van der Waals surface area contributed by atoms with Crippen molar-refractivity contribution in [3.63, 3.8) is 0 Å². The van der Waals surface area contributed by atoms with Crippen LogP contribution in [0.2, 0.25) is 0 Å². The third-order valence-corrected chi connectivity index (χ3v) is 2.96. The number of hydrogen-bond acceptors (Lipinski definition) is 2. The van der Waals surface area contributed by atoms with Gasteiger partial charge in [-0.25, -0.2) is 4.98 Å². The van der Waals surface area contributed by atoms with Crippen molar-refractivity contribution < 1.29 is 0 Å². The molecule has 2 aromatic rings. The van der Waals surface area contributed by atoms with Gasteiger partial charge in [0.2, 0.25) is 0 Å². The van der Waals surface area contributed by atoms with Crippen LogP contribution in [0.25, 0.3) is 11.0 Å². The minimum atomic E-state index is 0.565. The highest BCUT2D eigenvalue weighted by atomic mass is 15.1. The zero-order valence-electron chi connectivity index (χ0n) is 10.9. The lowest BCUT2D eigenvalue weighted by Gasteiger charge is -2.09. The molecule has 3 heteroatoms. The summed E-state index contributed by atoms with van der Waals surface area (Å²) in [6.07, 6.45) is 1.14. The average Bonchev–Trinajstić information content (AvgIpc) is 2.60. The lowest BCUT2D eigenvalue weighted by atomic mass is 10.3. The lowest BCUT2D eigenvalue weighted by Crippen LogP contribution is -2.24. The van der Waals surface area contributed by atoms with Crippen molar-refractivity contribution >= 4 is 11.0 Å². The van der Waals surface area contributed by atoms with Gasteiger partial charge in [-0.2, -0.15) is 0 Å². The molecule has 1 aromatic heterocycles. The van der Waals surface area contributed by atoms with E-state index < -0.39 is 0 Å². The Morgan fingerprint density at radius 3 is 2.82 bits per heavy atom. The number of imidazole rings is 1. The zero-order chi connectivity index (χ0) is 12.3. The van der Waals surface area contributed by atoms with Gasteiger partial charge < -0.3 is 9.88 Å². The van der Waals surface area contributed by atoms with Crippen molar-refractivity contribution in [1.29, 1.82) is 0 Å². The number of para-hydroxylation sites is 2. The summed E-state index contributed by atoms with van der Waals surface area (Å²) in [6, 6.07) is 8.90. The largest absolute Gasteiger partial charge is 0.328 e. The molecular formula is C14H21N3. The molecule has 1 heterocycles. The highest BCUT2D eigenvalue weighted by Crippen LogP contribution is 2.15. The molecule has 0 unspecified atom stereocenters. The molecule has 0 saturated carbocycles. The highest BCUT2D eigenvalue weighted by molar-refractivity contribution is 5.75. The molecule has 0 aliphatic rings. The fraction of sp³-hybridized carbons (Fsp3) is 0.500. The number of nitrogens with zero attached hydrogens (tertiary/aromatic N) is 2. The van der Waals surface area contributed by atoms with E-state index in [0.717, 1.165) is 30.9 Å². The summed E-state index contributed by atoms with van der Waals surface area (Å²) in [5, 5.41) is 3.44. The van der Waals surface area contributed by atoms with E-state index in [1.807, 2.05) is 6.07 Å². The Hall–Kier alpha value is -1.35. The molecule has 0 saturated heterocycles. The van der Waals surface area contributed by atoms with Crippen molar-refractivity contribution in [1.82, 2.24) is 14.9 Å². The van der Waals surface area contributed by atoms with Gasteiger partial charge in [0, 0.05) is 12.6 Å². The fourth-order valence-corrected chi connectivity index (χ4v) is 2.11. The molecule has 92 valence electrons. The second kappa shape index (κ2) is 5.32. The molecule has 2 rings (SSSR count). The molecule has 1 N–H and O–H groups in total. The van der Waals surface area contributed by atoms with Crippen LogP contribution >= 0.6 is 0 Å². The summed E-state index contributed by atoms with van der Waals surface area (Å²) >= 11 is 0. The minimum absolute atomic E-state index is 0.565. The van der Waals surface area contributed by atoms with E-state index in [4.69, 9.17) is 0 Å². The second-order valence-electron chi connectivity index (χ2n) is 4.76. The van der Waals surface area contributed by atoms with Crippen LogP contribution in [0.3, 0.4) is 0 Å². The molecule has 17 heavy (non-hydrogen) atoms. The quantitative estimate of drug-likeness (QED) is 0.802. The van der Waals surface area contributed by atoms with Crippen LogP contribution in [-0.4, -0.2) is 22.1 Å². The normalized spacial score (nSPS) is 11.5. The molecule has 0 amide bonds. The topological polar surface area (TPSA) is 29.9 Å². The van der Waals surface area contributed by atoms with E-state index >= 15 is 0 Å². The first-order chi connectivity index (χ1) is 8.18. The standard InChI is InChI=1S/C14H21N3/c1-11(2)15-9-6-10-17-12(3)16-13-7-4-5-8-14(13)17/h4-5,7-8,11,15H,6,9-10H2,1-3H3. The number of nitrogens with one attached hydrogen (secondary N) is 1. The number of benzene rings is 1. The Labute approximate surface area is 103 Å². The number of aryl methyl sites for hydroxylation is 2. The van der Waals surface area contributed by atoms with Gasteiger partial charge in [-0.15, -0.1) is 0 Å².